The van der Waals surface area contributed by atoms with Crippen LogP contribution in [0.15, 0.2) is 48.4 Å². The topological polar surface area (TPSA) is 45.2 Å². The maximum atomic E-state index is 4.71. The number of nitrogens with zero attached hydrogens (tertiary/aromatic N) is 5. The fourth-order valence-electron chi connectivity index (χ4n) is 3.93. The molecular formula is C21H21N5S. The molecule has 4 heterocycles. The van der Waals surface area contributed by atoms with Gasteiger partial charge in [-0.3, -0.25) is 4.98 Å². The molecule has 3 aromatic heterocycles. The van der Waals surface area contributed by atoms with Crippen molar-refractivity contribution in [2.45, 2.75) is 6.92 Å². The number of anilines is 1. The number of likely N-dealkylation sites (N-methyl/N-ethyl adjacent to an activating group) is 1. The van der Waals surface area contributed by atoms with E-state index < -0.39 is 0 Å². The Bertz CT molecular complexity index is 1090. The zero-order chi connectivity index (χ0) is 18.2. The largest absolute Gasteiger partial charge is 0.353 e. The van der Waals surface area contributed by atoms with Gasteiger partial charge in [-0.2, -0.15) is 0 Å². The molecule has 1 saturated heterocycles. The molecule has 1 fully saturated rings. The van der Waals surface area contributed by atoms with E-state index in [0.29, 0.717) is 0 Å². The highest BCUT2D eigenvalue weighted by atomic mass is 32.1. The maximum absolute atomic E-state index is 4.71. The number of benzene rings is 1. The van der Waals surface area contributed by atoms with Gasteiger partial charge < -0.3 is 9.80 Å². The molecule has 0 radical (unpaired) electrons. The molecule has 1 aromatic carbocycles. The second-order valence-electron chi connectivity index (χ2n) is 6.85. The van der Waals surface area contributed by atoms with Crippen molar-refractivity contribution in [1.29, 1.82) is 0 Å². The molecule has 0 unspecified atom stereocenters. The summed E-state index contributed by atoms with van der Waals surface area (Å²) in [6, 6.07) is 8.50. The molecule has 0 bridgehead atoms. The maximum Gasteiger partial charge on any atom is 0.141 e. The highest BCUT2D eigenvalue weighted by Gasteiger charge is 2.22. The van der Waals surface area contributed by atoms with Gasteiger partial charge >= 0.3 is 0 Å². The monoisotopic (exact) mass is 375 g/mol. The molecule has 5 rings (SSSR count). The van der Waals surface area contributed by atoms with Crippen molar-refractivity contribution in [3.05, 3.63) is 48.4 Å². The third-order valence-corrected chi connectivity index (χ3v) is 6.33. The van der Waals surface area contributed by atoms with Gasteiger partial charge in [0.2, 0.25) is 0 Å². The summed E-state index contributed by atoms with van der Waals surface area (Å²) in [5.74, 6) is 1.07. The van der Waals surface area contributed by atoms with Crippen LogP contribution in [0.25, 0.3) is 32.1 Å². The molecule has 1 aliphatic heterocycles. The molecule has 0 saturated carbocycles. The first-order valence-corrected chi connectivity index (χ1v) is 10.3. The Balaban J connectivity index is 1.66. The lowest BCUT2D eigenvalue weighted by molar-refractivity contribution is 0.271. The highest BCUT2D eigenvalue weighted by molar-refractivity contribution is 7.17. The molecule has 1 aliphatic rings. The van der Waals surface area contributed by atoms with Crippen LogP contribution in [0.2, 0.25) is 0 Å². The van der Waals surface area contributed by atoms with Crippen LogP contribution < -0.4 is 4.90 Å². The Hall–Kier alpha value is -2.57. The number of thiophene rings is 1. The molecule has 4 aromatic rings. The highest BCUT2D eigenvalue weighted by Crippen LogP contribution is 2.40. The Morgan fingerprint density at radius 2 is 1.93 bits per heavy atom. The van der Waals surface area contributed by atoms with Crippen molar-refractivity contribution < 1.29 is 0 Å². The van der Waals surface area contributed by atoms with E-state index in [0.717, 1.165) is 48.8 Å². The van der Waals surface area contributed by atoms with E-state index >= 15 is 0 Å². The van der Waals surface area contributed by atoms with Gasteiger partial charge in [0.05, 0.1) is 5.39 Å². The average Bonchev–Trinajstić information content (AvgIpc) is 3.17. The zero-order valence-corrected chi connectivity index (χ0v) is 16.1. The normalized spacial score (nSPS) is 15.7. The quantitative estimate of drug-likeness (QED) is 0.541. The fourth-order valence-corrected chi connectivity index (χ4v) is 4.83. The summed E-state index contributed by atoms with van der Waals surface area (Å²) < 4.78 is 0. The van der Waals surface area contributed by atoms with Crippen LogP contribution in [0.3, 0.4) is 0 Å². The van der Waals surface area contributed by atoms with Gasteiger partial charge in [0.15, 0.2) is 0 Å². The lowest BCUT2D eigenvalue weighted by atomic mass is 9.99. The van der Waals surface area contributed by atoms with E-state index in [1.807, 2.05) is 12.4 Å². The van der Waals surface area contributed by atoms with E-state index in [4.69, 9.17) is 4.98 Å². The van der Waals surface area contributed by atoms with Crippen molar-refractivity contribution in [3.8, 4) is 11.1 Å². The average molecular weight is 376 g/mol. The minimum Gasteiger partial charge on any atom is -0.353 e. The number of piperazine rings is 1. The number of aromatic nitrogens is 3. The van der Waals surface area contributed by atoms with E-state index in [1.54, 1.807) is 17.7 Å². The number of rotatable bonds is 3. The third kappa shape index (κ3) is 2.85. The second-order valence-corrected chi connectivity index (χ2v) is 7.71. The van der Waals surface area contributed by atoms with Gasteiger partial charge in [0.25, 0.3) is 0 Å². The minimum atomic E-state index is 1.01. The van der Waals surface area contributed by atoms with Gasteiger partial charge in [-0.25, -0.2) is 9.97 Å². The fraction of sp³-hybridized carbons (Fsp3) is 0.286. The summed E-state index contributed by atoms with van der Waals surface area (Å²) in [6.07, 6.45) is 5.49. The molecule has 0 atom stereocenters. The molecule has 0 amide bonds. The first-order valence-electron chi connectivity index (χ1n) is 9.38. The molecule has 136 valence electrons. The lowest BCUT2D eigenvalue weighted by Gasteiger charge is -2.35. The molecule has 27 heavy (non-hydrogen) atoms. The van der Waals surface area contributed by atoms with Gasteiger partial charge in [-0.15, -0.1) is 11.3 Å². The van der Waals surface area contributed by atoms with Crippen LogP contribution in [-0.4, -0.2) is 52.6 Å². The Morgan fingerprint density at radius 3 is 2.78 bits per heavy atom. The van der Waals surface area contributed by atoms with E-state index in [1.165, 1.54) is 21.9 Å². The van der Waals surface area contributed by atoms with Crippen molar-refractivity contribution in [3.63, 3.8) is 0 Å². The number of pyridine rings is 1. The second kappa shape index (κ2) is 6.87. The van der Waals surface area contributed by atoms with Crippen LogP contribution in [0.1, 0.15) is 6.92 Å². The number of hydrogen-bond acceptors (Lipinski definition) is 6. The number of hydrogen-bond donors (Lipinski definition) is 0. The first-order chi connectivity index (χ1) is 13.3. The molecule has 5 nitrogen and oxygen atoms in total. The number of fused-ring (bicyclic) bond motifs is 2. The zero-order valence-electron chi connectivity index (χ0n) is 15.3. The van der Waals surface area contributed by atoms with Gasteiger partial charge in [0, 0.05) is 54.9 Å². The van der Waals surface area contributed by atoms with Crippen molar-refractivity contribution in [2.75, 3.05) is 37.6 Å². The van der Waals surface area contributed by atoms with Crippen molar-refractivity contribution >= 4 is 38.1 Å². The molecule has 0 aliphatic carbocycles. The third-order valence-electron chi connectivity index (χ3n) is 5.44. The van der Waals surface area contributed by atoms with Crippen LogP contribution in [0.4, 0.5) is 5.82 Å². The van der Waals surface area contributed by atoms with Crippen LogP contribution in [0, 0.1) is 0 Å². The summed E-state index contributed by atoms with van der Waals surface area (Å²) in [7, 11) is 0. The van der Waals surface area contributed by atoms with E-state index in [-0.39, 0.29) is 0 Å². The summed E-state index contributed by atoms with van der Waals surface area (Å²) in [6.45, 7) is 7.53. The molecule has 0 spiro atoms. The van der Waals surface area contributed by atoms with E-state index in [9.17, 15) is 0 Å². The van der Waals surface area contributed by atoms with E-state index in [2.05, 4.69) is 56.3 Å². The predicted molar refractivity (Wildman–Crippen MR) is 112 cm³/mol. The summed E-state index contributed by atoms with van der Waals surface area (Å²) >= 11 is 1.70. The molecule has 0 N–H and O–H groups in total. The van der Waals surface area contributed by atoms with Gasteiger partial charge in [-0.1, -0.05) is 25.1 Å². The van der Waals surface area contributed by atoms with Gasteiger partial charge in [-0.05, 0) is 23.6 Å². The standard InChI is InChI=1S/C21H21N5S/c1-2-25-8-10-26(11-9-25)20-19-18(13-27-21(19)24-14-23-20)17-5-3-4-15-12-22-7-6-16(15)17/h3-7,12-14H,2,8-11H2,1H3. The Kier molecular flexibility index (Phi) is 4.22. The lowest BCUT2D eigenvalue weighted by Crippen LogP contribution is -2.46. The summed E-state index contributed by atoms with van der Waals surface area (Å²) in [5, 5.41) is 5.78. The summed E-state index contributed by atoms with van der Waals surface area (Å²) in [4.78, 5) is 19.5. The van der Waals surface area contributed by atoms with Crippen molar-refractivity contribution in [2.24, 2.45) is 0 Å². The molecule has 6 heteroatoms. The Labute approximate surface area is 162 Å². The van der Waals surface area contributed by atoms with Crippen molar-refractivity contribution in [1.82, 2.24) is 19.9 Å². The van der Waals surface area contributed by atoms with Crippen LogP contribution in [0.5, 0.6) is 0 Å². The van der Waals surface area contributed by atoms with Crippen LogP contribution >= 0.6 is 11.3 Å². The van der Waals surface area contributed by atoms with Gasteiger partial charge in [0.1, 0.15) is 17.0 Å². The molecular weight excluding hydrogens is 354 g/mol. The SMILES string of the molecule is CCN1CCN(c2ncnc3scc(-c4cccc5cnccc45)c23)CC1. The summed E-state index contributed by atoms with van der Waals surface area (Å²) in [5.41, 5.74) is 2.45. The Morgan fingerprint density at radius 1 is 1.04 bits per heavy atom. The smallest absolute Gasteiger partial charge is 0.141 e. The minimum absolute atomic E-state index is 1.01. The first kappa shape index (κ1) is 16.6. The van der Waals surface area contributed by atoms with Crippen LogP contribution in [-0.2, 0) is 0 Å². The predicted octanol–water partition coefficient (Wildman–Crippen LogP) is 4.05.